The summed E-state index contributed by atoms with van der Waals surface area (Å²) >= 11 is 0. The summed E-state index contributed by atoms with van der Waals surface area (Å²) in [4.78, 5) is 13.5. The summed E-state index contributed by atoms with van der Waals surface area (Å²) in [6.45, 7) is 11.8. The number of allylic oxidation sites excluding steroid dienone is 1. The summed E-state index contributed by atoms with van der Waals surface area (Å²) < 4.78 is 0. The maximum Gasteiger partial charge on any atom is 0.250 e. The van der Waals surface area contributed by atoms with Gasteiger partial charge in [-0.2, -0.15) is 0 Å². The Labute approximate surface area is 99.0 Å². The second kappa shape index (κ2) is 7.97. The third-order valence-corrected chi connectivity index (χ3v) is 2.66. The molecule has 0 saturated carbocycles. The Bertz CT molecular complexity index is 269. The smallest absolute Gasteiger partial charge is 0.250 e. The normalized spacial score (nSPS) is 11.9. The van der Waals surface area contributed by atoms with E-state index >= 15 is 0 Å². The molecule has 0 aromatic heterocycles. The van der Waals surface area contributed by atoms with Gasteiger partial charge in [-0.3, -0.25) is 4.79 Å². The minimum atomic E-state index is -0.387. The standard InChI is InChI=1S/C13H24N2O/c1-5-9-10-15(8-4)12(7-3)11(6-2)13(14)16/h6H,2,5,7-10H2,1,3-4H3,(H2,14,16). The average molecular weight is 224 g/mol. The molecule has 0 spiro atoms. The van der Waals surface area contributed by atoms with Crippen molar-refractivity contribution >= 4 is 5.91 Å². The van der Waals surface area contributed by atoms with Gasteiger partial charge < -0.3 is 10.6 Å². The summed E-state index contributed by atoms with van der Waals surface area (Å²) in [5.74, 6) is -0.387. The molecule has 0 atom stereocenters. The van der Waals surface area contributed by atoms with Crippen LogP contribution in [0.15, 0.2) is 23.9 Å². The van der Waals surface area contributed by atoms with Crippen LogP contribution in [0.4, 0.5) is 0 Å². The van der Waals surface area contributed by atoms with Gasteiger partial charge in [0.15, 0.2) is 0 Å². The molecule has 0 saturated heterocycles. The summed E-state index contributed by atoms with van der Waals surface area (Å²) in [5, 5.41) is 0. The van der Waals surface area contributed by atoms with Gasteiger partial charge in [0, 0.05) is 18.8 Å². The number of unbranched alkanes of at least 4 members (excludes halogenated alkanes) is 1. The molecule has 0 aromatic rings. The Hall–Kier alpha value is -1.25. The minimum Gasteiger partial charge on any atom is -0.374 e. The van der Waals surface area contributed by atoms with E-state index in [9.17, 15) is 4.79 Å². The van der Waals surface area contributed by atoms with Crippen LogP contribution in [0.5, 0.6) is 0 Å². The molecular formula is C13H24N2O. The third-order valence-electron chi connectivity index (χ3n) is 2.66. The van der Waals surface area contributed by atoms with Gasteiger partial charge in [0.25, 0.3) is 0 Å². The third kappa shape index (κ3) is 4.09. The monoisotopic (exact) mass is 224 g/mol. The maximum atomic E-state index is 11.3. The van der Waals surface area contributed by atoms with Gasteiger partial charge in [-0.15, -0.1) is 0 Å². The lowest BCUT2D eigenvalue weighted by Gasteiger charge is -2.26. The van der Waals surface area contributed by atoms with E-state index in [1.807, 2.05) is 6.92 Å². The largest absolute Gasteiger partial charge is 0.374 e. The highest BCUT2D eigenvalue weighted by Gasteiger charge is 2.13. The van der Waals surface area contributed by atoms with Crippen LogP contribution in [-0.2, 0) is 4.79 Å². The molecule has 16 heavy (non-hydrogen) atoms. The van der Waals surface area contributed by atoms with Crippen LogP contribution in [0.3, 0.4) is 0 Å². The molecule has 0 fully saturated rings. The highest BCUT2D eigenvalue weighted by Crippen LogP contribution is 2.16. The predicted molar refractivity (Wildman–Crippen MR) is 68.9 cm³/mol. The fourth-order valence-electron chi connectivity index (χ4n) is 1.78. The van der Waals surface area contributed by atoms with E-state index < -0.39 is 0 Å². The van der Waals surface area contributed by atoms with E-state index in [-0.39, 0.29) is 5.91 Å². The topological polar surface area (TPSA) is 46.3 Å². The second-order valence-electron chi connectivity index (χ2n) is 3.72. The van der Waals surface area contributed by atoms with Crippen molar-refractivity contribution in [2.75, 3.05) is 13.1 Å². The zero-order valence-corrected chi connectivity index (χ0v) is 10.8. The number of nitrogens with zero attached hydrogens (tertiary/aromatic N) is 1. The maximum absolute atomic E-state index is 11.3. The number of hydrogen-bond acceptors (Lipinski definition) is 2. The van der Waals surface area contributed by atoms with Crippen molar-refractivity contribution in [3.63, 3.8) is 0 Å². The van der Waals surface area contributed by atoms with Crippen molar-refractivity contribution in [1.29, 1.82) is 0 Å². The first-order valence-corrected chi connectivity index (χ1v) is 6.02. The minimum absolute atomic E-state index is 0.387. The lowest BCUT2D eigenvalue weighted by molar-refractivity contribution is -0.114. The lowest BCUT2D eigenvalue weighted by atomic mass is 10.1. The highest BCUT2D eigenvalue weighted by atomic mass is 16.1. The van der Waals surface area contributed by atoms with Crippen molar-refractivity contribution in [1.82, 2.24) is 4.90 Å². The molecule has 1 amide bonds. The van der Waals surface area contributed by atoms with Gasteiger partial charge in [0.05, 0.1) is 5.57 Å². The Morgan fingerprint density at radius 3 is 2.31 bits per heavy atom. The zero-order valence-electron chi connectivity index (χ0n) is 10.8. The Morgan fingerprint density at radius 2 is 2.00 bits per heavy atom. The van der Waals surface area contributed by atoms with Crippen molar-refractivity contribution < 1.29 is 4.79 Å². The SMILES string of the molecule is C=CC(C(N)=O)=C(CC)N(CC)CCCC. The van der Waals surface area contributed by atoms with E-state index in [1.165, 1.54) is 0 Å². The van der Waals surface area contributed by atoms with E-state index in [4.69, 9.17) is 5.73 Å². The number of carbonyl (C=O) groups excluding carboxylic acids is 1. The van der Waals surface area contributed by atoms with E-state index in [0.717, 1.165) is 38.0 Å². The first-order chi connectivity index (χ1) is 7.62. The summed E-state index contributed by atoms with van der Waals surface area (Å²) in [6, 6.07) is 0. The second-order valence-corrected chi connectivity index (χ2v) is 3.72. The van der Waals surface area contributed by atoms with Crippen LogP contribution < -0.4 is 5.73 Å². The molecule has 0 heterocycles. The van der Waals surface area contributed by atoms with Crippen molar-refractivity contribution in [3.8, 4) is 0 Å². The van der Waals surface area contributed by atoms with Crippen molar-refractivity contribution in [3.05, 3.63) is 23.9 Å². The molecule has 0 aliphatic rings. The van der Waals surface area contributed by atoms with Crippen LogP contribution in [-0.4, -0.2) is 23.9 Å². The van der Waals surface area contributed by atoms with Crippen LogP contribution in [0.25, 0.3) is 0 Å². The number of carbonyl (C=O) groups is 1. The molecular weight excluding hydrogens is 200 g/mol. The van der Waals surface area contributed by atoms with Gasteiger partial charge in [-0.25, -0.2) is 0 Å². The number of rotatable bonds is 8. The fourth-order valence-corrected chi connectivity index (χ4v) is 1.78. The molecule has 0 bridgehead atoms. The number of amides is 1. The number of nitrogens with two attached hydrogens (primary N) is 1. The van der Waals surface area contributed by atoms with Crippen LogP contribution >= 0.6 is 0 Å². The van der Waals surface area contributed by atoms with E-state index in [0.29, 0.717) is 5.57 Å². The van der Waals surface area contributed by atoms with Gasteiger partial charge in [-0.05, 0) is 19.8 Å². The summed E-state index contributed by atoms with van der Waals surface area (Å²) in [6.07, 6.45) is 4.64. The quantitative estimate of drug-likeness (QED) is 0.508. The van der Waals surface area contributed by atoms with Crippen LogP contribution in [0.2, 0.25) is 0 Å². The molecule has 0 aliphatic carbocycles. The summed E-state index contributed by atoms with van der Waals surface area (Å²) in [5.41, 5.74) is 6.92. The molecule has 92 valence electrons. The Morgan fingerprint density at radius 1 is 1.38 bits per heavy atom. The first kappa shape index (κ1) is 14.8. The molecule has 0 aromatic carbocycles. The zero-order chi connectivity index (χ0) is 12.6. The first-order valence-electron chi connectivity index (χ1n) is 6.02. The molecule has 0 radical (unpaired) electrons. The van der Waals surface area contributed by atoms with Gasteiger partial charge >= 0.3 is 0 Å². The molecule has 0 unspecified atom stereocenters. The van der Waals surface area contributed by atoms with Gasteiger partial charge in [0.2, 0.25) is 5.91 Å². The molecule has 0 rings (SSSR count). The van der Waals surface area contributed by atoms with Gasteiger partial charge in [0.1, 0.15) is 0 Å². The summed E-state index contributed by atoms with van der Waals surface area (Å²) in [7, 11) is 0. The van der Waals surface area contributed by atoms with Crippen LogP contribution in [0.1, 0.15) is 40.0 Å². The molecule has 3 nitrogen and oxygen atoms in total. The molecule has 2 N–H and O–H groups in total. The van der Waals surface area contributed by atoms with E-state index in [2.05, 4.69) is 25.3 Å². The number of primary amides is 1. The van der Waals surface area contributed by atoms with Crippen molar-refractivity contribution in [2.45, 2.75) is 40.0 Å². The molecule has 0 aliphatic heterocycles. The molecule has 3 heteroatoms. The van der Waals surface area contributed by atoms with Gasteiger partial charge in [-0.1, -0.05) is 32.9 Å². The van der Waals surface area contributed by atoms with Crippen molar-refractivity contribution in [2.24, 2.45) is 5.73 Å². The Kier molecular flexibility index (Phi) is 7.34. The lowest BCUT2D eigenvalue weighted by Crippen LogP contribution is -2.28. The van der Waals surface area contributed by atoms with Crippen LogP contribution in [0, 0.1) is 0 Å². The highest BCUT2D eigenvalue weighted by molar-refractivity contribution is 5.95. The average Bonchev–Trinajstić information content (AvgIpc) is 2.27. The van der Waals surface area contributed by atoms with E-state index in [1.54, 1.807) is 6.08 Å². The Balaban J connectivity index is 5.03. The fraction of sp³-hybridized carbons (Fsp3) is 0.615. The number of hydrogen-bond donors (Lipinski definition) is 1. The predicted octanol–water partition coefficient (Wildman–Crippen LogP) is 2.44.